The van der Waals surface area contributed by atoms with Crippen LogP contribution in [-0.2, 0) is 9.53 Å². The fourth-order valence-corrected chi connectivity index (χ4v) is 1.68. The summed E-state index contributed by atoms with van der Waals surface area (Å²) >= 11 is 0. The molecule has 3 heteroatoms. The molecule has 2 atom stereocenters. The molecule has 16 heavy (non-hydrogen) atoms. The topological polar surface area (TPSA) is 29.6 Å². The summed E-state index contributed by atoms with van der Waals surface area (Å²) < 4.78 is 18.3. The third-order valence-electron chi connectivity index (χ3n) is 2.67. The molecular weight excluding hydrogens is 207 g/mol. The number of Topliss-reactive ketones (excluding diaryl/α,β-unsaturated/α-hetero) is 1. The Balaban J connectivity index is 2.10. The Labute approximate surface area is 94.4 Å². The Morgan fingerprint density at radius 1 is 1.38 bits per heavy atom. The molecule has 0 spiro atoms. The van der Waals surface area contributed by atoms with Gasteiger partial charge in [0.1, 0.15) is 18.0 Å². The summed E-state index contributed by atoms with van der Waals surface area (Å²) in [6, 6.07) is 6.21. The van der Waals surface area contributed by atoms with Gasteiger partial charge in [0.2, 0.25) is 0 Å². The zero-order valence-electron chi connectivity index (χ0n) is 9.66. The lowest BCUT2D eigenvalue weighted by Crippen LogP contribution is -2.25. The lowest BCUT2D eigenvalue weighted by molar-refractivity contribution is -0.127. The van der Waals surface area contributed by atoms with E-state index in [9.17, 15) is 9.18 Å². The highest BCUT2D eigenvalue weighted by atomic mass is 19.1. The van der Waals surface area contributed by atoms with Crippen molar-refractivity contribution in [2.75, 3.05) is 0 Å². The molecule has 1 fully saturated rings. The summed E-state index contributed by atoms with van der Waals surface area (Å²) in [5.74, 6) is -0.225. The van der Waals surface area contributed by atoms with E-state index >= 15 is 0 Å². The summed E-state index contributed by atoms with van der Waals surface area (Å²) in [7, 11) is 0. The second-order valence-corrected chi connectivity index (χ2v) is 5.15. The molecule has 1 aliphatic rings. The van der Waals surface area contributed by atoms with E-state index in [1.54, 1.807) is 12.1 Å². The standard InChI is InChI=1S/C13H15FO2/c1-13(2,3)12(15)11-10(16-11)8-5-4-6-9(14)7-8/h4-7,10-11H,1-3H3/t10-,11+/m0/s1. The van der Waals surface area contributed by atoms with Gasteiger partial charge in [0.05, 0.1) is 0 Å². The number of ether oxygens (including phenoxy) is 1. The van der Waals surface area contributed by atoms with Gasteiger partial charge in [-0.2, -0.15) is 0 Å². The third-order valence-corrected chi connectivity index (χ3v) is 2.67. The Morgan fingerprint density at radius 3 is 2.62 bits per heavy atom. The molecule has 0 aromatic heterocycles. The van der Waals surface area contributed by atoms with Gasteiger partial charge in [-0.1, -0.05) is 32.9 Å². The lowest BCUT2D eigenvalue weighted by Gasteiger charge is -2.14. The zero-order chi connectivity index (χ0) is 11.9. The number of benzene rings is 1. The van der Waals surface area contributed by atoms with Gasteiger partial charge >= 0.3 is 0 Å². The van der Waals surface area contributed by atoms with Crippen molar-refractivity contribution in [3.8, 4) is 0 Å². The molecule has 1 saturated heterocycles. The molecule has 2 rings (SSSR count). The molecular formula is C13H15FO2. The Morgan fingerprint density at radius 2 is 2.06 bits per heavy atom. The van der Waals surface area contributed by atoms with Crippen molar-refractivity contribution in [1.29, 1.82) is 0 Å². The largest absolute Gasteiger partial charge is 0.356 e. The minimum Gasteiger partial charge on any atom is -0.356 e. The van der Waals surface area contributed by atoms with E-state index in [-0.39, 0.29) is 17.7 Å². The van der Waals surface area contributed by atoms with E-state index in [1.165, 1.54) is 12.1 Å². The summed E-state index contributed by atoms with van der Waals surface area (Å²) in [5.41, 5.74) is 0.329. The van der Waals surface area contributed by atoms with Crippen LogP contribution in [0.4, 0.5) is 4.39 Å². The summed E-state index contributed by atoms with van der Waals surface area (Å²) in [6.45, 7) is 5.58. The third kappa shape index (κ3) is 2.14. The SMILES string of the molecule is CC(C)(C)C(=O)[C@@H]1O[C@H]1c1cccc(F)c1. The normalized spacial score (nSPS) is 24.2. The van der Waals surface area contributed by atoms with Gasteiger partial charge in [0.15, 0.2) is 5.78 Å². The highest BCUT2D eigenvalue weighted by molar-refractivity contribution is 5.90. The van der Waals surface area contributed by atoms with Crippen molar-refractivity contribution in [3.63, 3.8) is 0 Å². The maximum Gasteiger partial charge on any atom is 0.169 e. The van der Waals surface area contributed by atoms with Crippen molar-refractivity contribution >= 4 is 5.78 Å². The second-order valence-electron chi connectivity index (χ2n) is 5.15. The molecule has 1 aromatic rings. The fourth-order valence-electron chi connectivity index (χ4n) is 1.68. The number of halogens is 1. The molecule has 86 valence electrons. The molecule has 0 unspecified atom stereocenters. The van der Waals surface area contributed by atoms with Gasteiger partial charge in [-0.3, -0.25) is 4.79 Å². The molecule has 0 amide bonds. The van der Waals surface area contributed by atoms with E-state index in [2.05, 4.69) is 0 Å². The van der Waals surface area contributed by atoms with Crippen LogP contribution in [0, 0.1) is 11.2 Å². The zero-order valence-corrected chi connectivity index (χ0v) is 9.66. The Bertz CT molecular complexity index is 420. The maximum absolute atomic E-state index is 13.0. The van der Waals surface area contributed by atoms with Crippen molar-refractivity contribution in [3.05, 3.63) is 35.6 Å². The molecule has 1 aliphatic heterocycles. The van der Waals surface area contributed by atoms with Crippen molar-refractivity contribution in [2.24, 2.45) is 5.41 Å². The quantitative estimate of drug-likeness (QED) is 0.720. The van der Waals surface area contributed by atoms with Crippen molar-refractivity contribution in [2.45, 2.75) is 33.0 Å². The van der Waals surface area contributed by atoms with Crippen LogP contribution < -0.4 is 0 Å². The minimum absolute atomic E-state index is 0.0711. The monoisotopic (exact) mass is 222 g/mol. The van der Waals surface area contributed by atoms with E-state index in [1.807, 2.05) is 20.8 Å². The number of carbonyl (C=O) groups is 1. The summed E-state index contributed by atoms with van der Waals surface area (Å²) in [6.07, 6.45) is -0.663. The molecule has 1 aromatic carbocycles. The number of epoxide rings is 1. The first kappa shape index (κ1) is 11.3. The van der Waals surface area contributed by atoms with E-state index in [0.717, 1.165) is 5.56 Å². The van der Waals surface area contributed by atoms with Crippen LogP contribution in [0.15, 0.2) is 24.3 Å². The first-order valence-electron chi connectivity index (χ1n) is 5.35. The summed E-state index contributed by atoms with van der Waals surface area (Å²) in [4.78, 5) is 11.9. The van der Waals surface area contributed by atoms with Crippen molar-refractivity contribution in [1.82, 2.24) is 0 Å². The van der Waals surface area contributed by atoms with Gasteiger partial charge in [-0.15, -0.1) is 0 Å². The van der Waals surface area contributed by atoms with E-state index in [0.29, 0.717) is 0 Å². The minimum atomic E-state index is -0.410. The molecule has 0 N–H and O–H groups in total. The predicted octanol–water partition coefficient (Wildman–Crippen LogP) is 2.88. The Kier molecular flexibility index (Phi) is 2.58. The molecule has 2 nitrogen and oxygen atoms in total. The molecule has 0 saturated carbocycles. The Hall–Kier alpha value is -1.22. The van der Waals surface area contributed by atoms with Crippen LogP contribution >= 0.6 is 0 Å². The smallest absolute Gasteiger partial charge is 0.169 e. The van der Waals surface area contributed by atoms with Crippen LogP contribution in [0.1, 0.15) is 32.4 Å². The first-order valence-corrected chi connectivity index (χ1v) is 5.35. The molecule has 0 radical (unpaired) electrons. The van der Waals surface area contributed by atoms with E-state index in [4.69, 9.17) is 4.74 Å². The lowest BCUT2D eigenvalue weighted by atomic mass is 9.87. The van der Waals surface area contributed by atoms with Gasteiger partial charge in [-0.25, -0.2) is 4.39 Å². The molecule has 1 heterocycles. The highest BCUT2D eigenvalue weighted by Crippen LogP contribution is 2.42. The van der Waals surface area contributed by atoms with E-state index < -0.39 is 11.5 Å². The van der Waals surface area contributed by atoms with Gasteiger partial charge in [0, 0.05) is 5.41 Å². The summed E-state index contributed by atoms with van der Waals surface area (Å²) in [5, 5.41) is 0. The average molecular weight is 222 g/mol. The number of ketones is 1. The van der Waals surface area contributed by atoms with Crippen LogP contribution in [-0.4, -0.2) is 11.9 Å². The maximum atomic E-state index is 13.0. The van der Waals surface area contributed by atoms with Crippen LogP contribution in [0.25, 0.3) is 0 Å². The molecule has 0 bridgehead atoms. The first-order chi connectivity index (χ1) is 7.39. The van der Waals surface area contributed by atoms with Crippen LogP contribution in [0.5, 0.6) is 0 Å². The van der Waals surface area contributed by atoms with Gasteiger partial charge in [-0.05, 0) is 17.7 Å². The highest BCUT2D eigenvalue weighted by Gasteiger charge is 2.49. The van der Waals surface area contributed by atoms with Gasteiger partial charge < -0.3 is 4.74 Å². The van der Waals surface area contributed by atoms with Crippen LogP contribution in [0.2, 0.25) is 0 Å². The van der Waals surface area contributed by atoms with Gasteiger partial charge in [0.25, 0.3) is 0 Å². The number of hydrogen-bond donors (Lipinski definition) is 0. The fraction of sp³-hybridized carbons (Fsp3) is 0.462. The molecule has 0 aliphatic carbocycles. The number of rotatable bonds is 2. The van der Waals surface area contributed by atoms with Crippen LogP contribution in [0.3, 0.4) is 0 Å². The second kappa shape index (κ2) is 3.67. The predicted molar refractivity (Wildman–Crippen MR) is 58.5 cm³/mol. The number of hydrogen-bond acceptors (Lipinski definition) is 2. The van der Waals surface area contributed by atoms with Crippen molar-refractivity contribution < 1.29 is 13.9 Å². The number of carbonyl (C=O) groups excluding carboxylic acids is 1. The average Bonchev–Trinajstić information content (AvgIpc) is 2.94.